The van der Waals surface area contributed by atoms with Crippen LogP contribution < -0.4 is 5.32 Å². The second-order valence-corrected chi connectivity index (χ2v) is 7.08. The first-order valence-electron chi connectivity index (χ1n) is 6.36. The summed E-state index contributed by atoms with van der Waals surface area (Å²) in [5, 5.41) is 10.7. The molecule has 2 amide bonds. The number of thioether (sulfide) groups is 1. The number of carboxylic acid groups (broad SMARTS) is 1. The van der Waals surface area contributed by atoms with Gasteiger partial charge in [-0.3, -0.25) is 19.3 Å². The molecular weight excluding hydrogens is 404 g/mol. The maximum absolute atomic E-state index is 12.3. The third-order valence-corrected chi connectivity index (χ3v) is 4.69. The van der Waals surface area contributed by atoms with E-state index in [2.05, 4.69) is 21.2 Å². The van der Waals surface area contributed by atoms with Gasteiger partial charge in [0.15, 0.2) is 0 Å². The second kappa shape index (κ2) is 7.71. The van der Waals surface area contributed by atoms with Gasteiger partial charge in [0.1, 0.15) is 17.4 Å². The number of nitrogens with one attached hydrogen (secondary N) is 1. The minimum Gasteiger partial charge on any atom is -0.480 e. The Bertz CT molecular complexity index is 703. The van der Waals surface area contributed by atoms with Gasteiger partial charge in [-0.2, -0.15) is 0 Å². The molecule has 0 spiro atoms. The number of rotatable bonds is 5. The number of hydrogen-bond acceptors (Lipinski definition) is 5. The molecule has 0 aromatic heterocycles. The third kappa shape index (κ3) is 4.88. The monoisotopic (exact) mass is 414 g/mol. The van der Waals surface area contributed by atoms with Crippen molar-refractivity contribution in [3.8, 4) is 0 Å². The van der Waals surface area contributed by atoms with Crippen LogP contribution in [0.3, 0.4) is 0 Å². The molecule has 1 saturated heterocycles. The number of carbonyl (C=O) groups is 3. The van der Waals surface area contributed by atoms with Crippen molar-refractivity contribution in [2.75, 3.05) is 13.1 Å². The van der Waals surface area contributed by atoms with E-state index in [1.54, 1.807) is 6.08 Å². The average molecular weight is 415 g/mol. The minimum atomic E-state index is -1.15. The molecule has 0 unspecified atom stereocenters. The van der Waals surface area contributed by atoms with Gasteiger partial charge in [0.25, 0.3) is 5.91 Å². The lowest BCUT2D eigenvalue weighted by Crippen LogP contribution is -2.41. The quantitative estimate of drug-likeness (QED) is 0.564. The van der Waals surface area contributed by atoms with Crippen molar-refractivity contribution in [2.24, 2.45) is 0 Å². The van der Waals surface area contributed by atoms with Gasteiger partial charge in [-0.15, -0.1) is 0 Å². The van der Waals surface area contributed by atoms with Crippen molar-refractivity contribution >= 4 is 68.1 Å². The summed E-state index contributed by atoms with van der Waals surface area (Å²) in [4.78, 5) is 35.9. The zero-order valence-corrected chi connectivity index (χ0v) is 14.8. The van der Waals surface area contributed by atoms with Gasteiger partial charge in [-0.1, -0.05) is 52.0 Å². The topological polar surface area (TPSA) is 86.7 Å². The van der Waals surface area contributed by atoms with E-state index in [4.69, 9.17) is 17.3 Å². The van der Waals surface area contributed by atoms with Crippen LogP contribution in [0.15, 0.2) is 33.6 Å². The van der Waals surface area contributed by atoms with Crippen LogP contribution in [0.1, 0.15) is 5.56 Å². The summed E-state index contributed by atoms with van der Waals surface area (Å²) in [6.07, 6.45) is 1.70. The molecule has 2 N–H and O–H groups in total. The molecule has 1 aromatic rings. The van der Waals surface area contributed by atoms with Crippen LogP contribution in [-0.4, -0.2) is 45.2 Å². The number of benzene rings is 1. The first kappa shape index (κ1) is 17.6. The van der Waals surface area contributed by atoms with E-state index in [1.807, 2.05) is 24.3 Å². The van der Waals surface area contributed by atoms with Gasteiger partial charge in [0.2, 0.25) is 5.91 Å². The number of carboxylic acids is 1. The summed E-state index contributed by atoms with van der Waals surface area (Å²) in [6, 6.07) is 7.39. The van der Waals surface area contributed by atoms with Crippen LogP contribution in [0.4, 0.5) is 0 Å². The Morgan fingerprint density at radius 1 is 1.35 bits per heavy atom. The van der Waals surface area contributed by atoms with Crippen LogP contribution in [-0.2, 0) is 14.4 Å². The zero-order valence-electron chi connectivity index (χ0n) is 11.6. The van der Waals surface area contributed by atoms with Crippen molar-refractivity contribution in [1.82, 2.24) is 10.2 Å². The van der Waals surface area contributed by atoms with Gasteiger partial charge in [0.05, 0.1) is 4.91 Å². The van der Waals surface area contributed by atoms with Crippen molar-refractivity contribution in [2.45, 2.75) is 0 Å². The van der Waals surface area contributed by atoms with E-state index < -0.39 is 18.4 Å². The summed E-state index contributed by atoms with van der Waals surface area (Å²) >= 11 is 9.55. The molecule has 0 aliphatic carbocycles. The van der Waals surface area contributed by atoms with E-state index in [0.29, 0.717) is 4.91 Å². The Labute approximate surface area is 150 Å². The van der Waals surface area contributed by atoms with Crippen molar-refractivity contribution < 1.29 is 19.5 Å². The summed E-state index contributed by atoms with van der Waals surface area (Å²) in [5.74, 6) is -2.10. The van der Waals surface area contributed by atoms with Gasteiger partial charge >= 0.3 is 5.97 Å². The van der Waals surface area contributed by atoms with Crippen LogP contribution in [0.2, 0.25) is 0 Å². The Kier molecular flexibility index (Phi) is 5.91. The predicted octanol–water partition coefficient (Wildman–Crippen LogP) is 1.85. The van der Waals surface area contributed by atoms with E-state index in [-0.39, 0.29) is 16.8 Å². The molecule has 120 valence electrons. The molecule has 0 atom stereocenters. The molecule has 0 saturated carbocycles. The van der Waals surface area contributed by atoms with Crippen molar-refractivity contribution in [1.29, 1.82) is 0 Å². The lowest BCUT2D eigenvalue weighted by Gasteiger charge is -2.13. The van der Waals surface area contributed by atoms with Crippen LogP contribution in [0, 0.1) is 0 Å². The number of hydrogen-bond donors (Lipinski definition) is 2. The number of nitrogens with zero attached hydrogens (tertiary/aromatic N) is 1. The largest absolute Gasteiger partial charge is 0.480 e. The molecule has 0 radical (unpaired) electrons. The highest BCUT2D eigenvalue weighted by Crippen LogP contribution is 2.32. The van der Waals surface area contributed by atoms with Gasteiger partial charge in [-0.25, -0.2) is 0 Å². The Morgan fingerprint density at radius 2 is 2.00 bits per heavy atom. The number of aliphatic carboxylic acids is 1. The smallest absolute Gasteiger partial charge is 0.322 e. The second-order valence-electron chi connectivity index (χ2n) is 4.49. The average Bonchev–Trinajstić information content (AvgIpc) is 2.75. The fraction of sp³-hybridized carbons (Fsp3) is 0.143. The first-order chi connectivity index (χ1) is 10.9. The van der Waals surface area contributed by atoms with E-state index in [0.717, 1.165) is 26.7 Å². The predicted molar refractivity (Wildman–Crippen MR) is 94.7 cm³/mol. The molecule has 1 aliphatic heterocycles. The highest BCUT2D eigenvalue weighted by Gasteiger charge is 2.33. The third-order valence-electron chi connectivity index (χ3n) is 2.78. The Hall–Kier alpha value is -1.71. The molecule has 6 nitrogen and oxygen atoms in total. The fourth-order valence-corrected chi connectivity index (χ4v) is 3.24. The SMILES string of the molecule is O=C(O)CNC(=O)CN1C(=O)/C(=C/c2ccc(Br)cc2)SC1=S. The summed E-state index contributed by atoms with van der Waals surface area (Å²) < 4.78 is 1.20. The molecule has 9 heteroatoms. The van der Waals surface area contributed by atoms with E-state index in [1.165, 1.54) is 0 Å². The standard InChI is InChI=1S/C14H11BrN2O4S2/c15-9-3-1-8(2-4-9)5-10-13(21)17(14(22)23-10)7-11(18)16-6-12(19)20/h1-5H,6-7H2,(H,16,18)(H,19,20)/b10-5-. The zero-order chi connectivity index (χ0) is 17.0. The fourth-order valence-electron chi connectivity index (χ4n) is 1.72. The van der Waals surface area contributed by atoms with Gasteiger partial charge < -0.3 is 10.4 Å². The molecular formula is C14H11BrN2O4S2. The lowest BCUT2D eigenvalue weighted by molar-refractivity contribution is -0.138. The molecule has 1 fully saturated rings. The first-order valence-corrected chi connectivity index (χ1v) is 8.38. The van der Waals surface area contributed by atoms with Gasteiger partial charge in [-0.05, 0) is 23.8 Å². The molecule has 1 heterocycles. The summed E-state index contributed by atoms with van der Waals surface area (Å²) in [5.41, 5.74) is 0.837. The number of thiocarbonyl (C=S) groups is 1. The molecule has 1 aliphatic rings. The van der Waals surface area contributed by atoms with Crippen LogP contribution >= 0.6 is 39.9 Å². The highest BCUT2D eigenvalue weighted by atomic mass is 79.9. The molecule has 2 rings (SSSR count). The minimum absolute atomic E-state index is 0.267. The molecule has 1 aromatic carbocycles. The summed E-state index contributed by atoms with van der Waals surface area (Å²) in [6.45, 7) is -0.794. The van der Waals surface area contributed by atoms with Gasteiger partial charge in [0, 0.05) is 4.47 Å². The highest BCUT2D eigenvalue weighted by molar-refractivity contribution is 9.10. The van der Waals surface area contributed by atoms with Crippen LogP contribution in [0.25, 0.3) is 6.08 Å². The maximum Gasteiger partial charge on any atom is 0.322 e. The van der Waals surface area contributed by atoms with E-state index >= 15 is 0 Å². The Morgan fingerprint density at radius 3 is 2.61 bits per heavy atom. The van der Waals surface area contributed by atoms with Crippen molar-refractivity contribution in [3.63, 3.8) is 0 Å². The number of carbonyl (C=O) groups excluding carboxylic acids is 2. The lowest BCUT2D eigenvalue weighted by atomic mass is 10.2. The molecule has 0 bridgehead atoms. The Balaban J connectivity index is 2.06. The molecule has 23 heavy (non-hydrogen) atoms. The summed E-state index contributed by atoms with van der Waals surface area (Å²) in [7, 11) is 0. The van der Waals surface area contributed by atoms with Crippen LogP contribution in [0.5, 0.6) is 0 Å². The van der Waals surface area contributed by atoms with E-state index in [9.17, 15) is 14.4 Å². The van der Waals surface area contributed by atoms with Crippen molar-refractivity contribution in [3.05, 3.63) is 39.2 Å². The normalized spacial score (nSPS) is 16.0. The number of halogens is 1. The maximum atomic E-state index is 12.3. The number of amides is 2.